The number of aromatic nitrogens is 2. The number of nitrogens with one attached hydrogen (secondary N) is 1. The zero-order valence-electron chi connectivity index (χ0n) is 9.87. The molecule has 1 heterocycles. The maximum Gasteiger partial charge on any atom is 0.374 e. The molecule has 0 atom stereocenters. The molecule has 1 aromatic heterocycles. The number of rotatable bonds is 1. The lowest BCUT2D eigenvalue weighted by atomic mass is 10.2. The van der Waals surface area contributed by atoms with Crippen LogP contribution in [0.1, 0.15) is 31.4 Å². The molecule has 0 aliphatic carbocycles. The van der Waals surface area contributed by atoms with E-state index in [1.807, 2.05) is 39.0 Å². The summed E-state index contributed by atoms with van der Waals surface area (Å²) in [6, 6.07) is 5.60. The van der Waals surface area contributed by atoms with E-state index in [0.29, 0.717) is 0 Å². The Labute approximate surface area is 108 Å². The Kier molecular flexibility index (Phi) is 2.95. The smallest absolute Gasteiger partial charge is 0.374 e. The molecule has 0 spiro atoms. The van der Waals surface area contributed by atoms with Crippen LogP contribution in [0.4, 0.5) is 0 Å². The zero-order valence-corrected chi connectivity index (χ0v) is 11.5. The first-order chi connectivity index (χ1) is 7.85. The van der Waals surface area contributed by atoms with E-state index in [9.17, 15) is 4.79 Å². The van der Waals surface area contributed by atoms with Gasteiger partial charge in [-0.2, -0.15) is 0 Å². The van der Waals surface area contributed by atoms with Crippen LogP contribution >= 0.6 is 15.9 Å². The predicted octanol–water partition coefficient (Wildman–Crippen LogP) is 3.28. The molecule has 0 saturated heterocycles. The lowest BCUT2D eigenvalue weighted by molar-refractivity contribution is 0.00572. The topological polar surface area (TPSA) is 55.0 Å². The van der Waals surface area contributed by atoms with E-state index in [1.54, 1.807) is 0 Å². The largest absolute Gasteiger partial charge is 0.454 e. The highest BCUT2D eigenvalue weighted by atomic mass is 79.9. The van der Waals surface area contributed by atoms with Gasteiger partial charge in [0.1, 0.15) is 5.60 Å². The Bertz CT molecular complexity index is 569. The van der Waals surface area contributed by atoms with E-state index in [-0.39, 0.29) is 5.82 Å². The molecule has 0 saturated carbocycles. The Balaban J connectivity index is 2.33. The van der Waals surface area contributed by atoms with Gasteiger partial charge in [0.15, 0.2) is 0 Å². The van der Waals surface area contributed by atoms with Gasteiger partial charge in [-0.25, -0.2) is 9.78 Å². The molecule has 0 bridgehead atoms. The molecule has 1 N–H and O–H groups in total. The van der Waals surface area contributed by atoms with Gasteiger partial charge in [0.25, 0.3) is 0 Å². The summed E-state index contributed by atoms with van der Waals surface area (Å²) in [5.41, 5.74) is 1.03. The van der Waals surface area contributed by atoms with Crippen LogP contribution in [0, 0.1) is 0 Å². The number of aromatic amines is 1. The van der Waals surface area contributed by atoms with Crippen molar-refractivity contribution >= 4 is 32.9 Å². The Hall–Kier alpha value is -1.36. The number of carbonyl (C=O) groups excluding carboxylic acids is 1. The number of imidazole rings is 1. The number of esters is 1. The molecule has 4 nitrogen and oxygen atoms in total. The quantitative estimate of drug-likeness (QED) is 0.822. The third kappa shape index (κ3) is 2.85. The molecule has 0 unspecified atom stereocenters. The molecular formula is C12H13BrN2O2. The van der Waals surface area contributed by atoms with Gasteiger partial charge in [-0.1, -0.05) is 15.9 Å². The third-order valence-corrected chi connectivity index (χ3v) is 2.53. The van der Waals surface area contributed by atoms with Crippen LogP contribution in [0.5, 0.6) is 0 Å². The van der Waals surface area contributed by atoms with Gasteiger partial charge in [0.05, 0.1) is 11.0 Å². The van der Waals surface area contributed by atoms with Gasteiger partial charge in [-0.3, -0.25) is 0 Å². The van der Waals surface area contributed by atoms with Crippen LogP contribution in [-0.4, -0.2) is 21.5 Å². The van der Waals surface area contributed by atoms with Crippen molar-refractivity contribution in [1.29, 1.82) is 0 Å². The van der Waals surface area contributed by atoms with Gasteiger partial charge in [0, 0.05) is 4.47 Å². The van der Waals surface area contributed by atoms with Crippen molar-refractivity contribution in [2.75, 3.05) is 0 Å². The minimum absolute atomic E-state index is 0.230. The van der Waals surface area contributed by atoms with Crippen LogP contribution in [0.15, 0.2) is 22.7 Å². The van der Waals surface area contributed by atoms with Crippen LogP contribution < -0.4 is 0 Å². The van der Waals surface area contributed by atoms with Crippen molar-refractivity contribution in [1.82, 2.24) is 9.97 Å². The number of carbonyl (C=O) groups is 1. The molecule has 1 aromatic carbocycles. The van der Waals surface area contributed by atoms with Gasteiger partial charge in [-0.15, -0.1) is 0 Å². The van der Waals surface area contributed by atoms with Crippen molar-refractivity contribution in [3.8, 4) is 0 Å². The summed E-state index contributed by atoms with van der Waals surface area (Å²) in [6.07, 6.45) is 0. The van der Waals surface area contributed by atoms with Crippen LogP contribution in [0.25, 0.3) is 11.0 Å². The average molecular weight is 297 g/mol. The number of hydrogen-bond donors (Lipinski definition) is 1. The van der Waals surface area contributed by atoms with Gasteiger partial charge in [0.2, 0.25) is 5.82 Å². The normalized spacial score (nSPS) is 11.8. The molecule has 0 amide bonds. The third-order valence-electron chi connectivity index (χ3n) is 2.04. The van der Waals surface area contributed by atoms with E-state index in [0.717, 1.165) is 15.5 Å². The molecule has 17 heavy (non-hydrogen) atoms. The second-order valence-corrected chi connectivity index (χ2v) is 5.66. The van der Waals surface area contributed by atoms with E-state index in [1.165, 1.54) is 0 Å². The molecule has 0 aliphatic rings. The molecule has 0 radical (unpaired) electrons. The molecule has 0 aliphatic heterocycles. The second kappa shape index (κ2) is 4.14. The zero-order chi connectivity index (χ0) is 12.6. The van der Waals surface area contributed by atoms with E-state index in [4.69, 9.17) is 4.74 Å². The van der Waals surface area contributed by atoms with Crippen molar-refractivity contribution < 1.29 is 9.53 Å². The highest BCUT2D eigenvalue weighted by Crippen LogP contribution is 2.19. The lowest BCUT2D eigenvalue weighted by Gasteiger charge is -2.18. The number of nitrogens with zero attached hydrogens (tertiary/aromatic N) is 1. The van der Waals surface area contributed by atoms with E-state index in [2.05, 4.69) is 25.9 Å². The summed E-state index contributed by atoms with van der Waals surface area (Å²) in [4.78, 5) is 18.9. The minimum Gasteiger partial charge on any atom is -0.454 e. The number of hydrogen-bond acceptors (Lipinski definition) is 3. The van der Waals surface area contributed by atoms with Crippen LogP contribution in [-0.2, 0) is 4.74 Å². The molecule has 2 rings (SSSR count). The molecule has 0 fully saturated rings. The number of halogens is 1. The standard InChI is InChI=1S/C12H13BrN2O2/c1-12(2,3)17-11(16)10-14-8-5-4-7(13)6-9(8)15-10/h4-6H,1-3H3,(H,14,15). The summed E-state index contributed by atoms with van der Waals surface area (Å²) in [5.74, 6) is -0.210. The fraction of sp³-hybridized carbons (Fsp3) is 0.333. The summed E-state index contributed by atoms with van der Waals surface area (Å²) in [7, 11) is 0. The minimum atomic E-state index is -0.517. The summed E-state index contributed by atoms with van der Waals surface area (Å²) < 4.78 is 6.16. The molecule has 5 heteroatoms. The van der Waals surface area contributed by atoms with Crippen LogP contribution in [0.2, 0.25) is 0 Å². The van der Waals surface area contributed by atoms with Crippen molar-refractivity contribution in [3.63, 3.8) is 0 Å². The van der Waals surface area contributed by atoms with E-state index >= 15 is 0 Å². The number of ether oxygens (including phenoxy) is 1. The van der Waals surface area contributed by atoms with Crippen molar-refractivity contribution in [2.24, 2.45) is 0 Å². The van der Waals surface area contributed by atoms with Gasteiger partial charge >= 0.3 is 5.97 Å². The highest BCUT2D eigenvalue weighted by molar-refractivity contribution is 9.10. The maximum absolute atomic E-state index is 11.8. The Morgan fingerprint density at radius 2 is 2.12 bits per heavy atom. The molecular weight excluding hydrogens is 284 g/mol. The monoisotopic (exact) mass is 296 g/mol. The van der Waals surface area contributed by atoms with E-state index < -0.39 is 11.6 Å². The van der Waals surface area contributed by atoms with Gasteiger partial charge < -0.3 is 9.72 Å². The average Bonchev–Trinajstić information content (AvgIpc) is 2.57. The van der Waals surface area contributed by atoms with Gasteiger partial charge in [-0.05, 0) is 39.0 Å². The molecule has 2 aromatic rings. The first-order valence-corrected chi connectivity index (χ1v) is 6.03. The van der Waals surface area contributed by atoms with Crippen molar-refractivity contribution in [2.45, 2.75) is 26.4 Å². The van der Waals surface area contributed by atoms with Crippen LogP contribution in [0.3, 0.4) is 0 Å². The summed E-state index contributed by atoms with van der Waals surface area (Å²) >= 11 is 3.36. The lowest BCUT2D eigenvalue weighted by Crippen LogP contribution is -2.24. The van der Waals surface area contributed by atoms with Crippen molar-refractivity contribution in [3.05, 3.63) is 28.5 Å². The Morgan fingerprint density at radius 3 is 2.76 bits per heavy atom. The molecule has 90 valence electrons. The SMILES string of the molecule is CC(C)(C)OC(=O)c1nc2cc(Br)ccc2[nH]1. The summed E-state index contributed by atoms with van der Waals surface area (Å²) in [6.45, 7) is 5.47. The second-order valence-electron chi connectivity index (χ2n) is 4.75. The number of benzene rings is 1. The highest BCUT2D eigenvalue weighted by Gasteiger charge is 2.20. The summed E-state index contributed by atoms with van der Waals surface area (Å²) in [5, 5.41) is 0. The number of H-pyrrole nitrogens is 1. The maximum atomic E-state index is 11.8. The first kappa shape index (κ1) is 12.1. The fourth-order valence-electron chi connectivity index (χ4n) is 1.40. The Morgan fingerprint density at radius 1 is 1.41 bits per heavy atom. The fourth-order valence-corrected chi connectivity index (χ4v) is 1.75. The predicted molar refractivity (Wildman–Crippen MR) is 69.0 cm³/mol. The first-order valence-electron chi connectivity index (χ1n) is 5.24. The number of fused-ring (bicyclic) bond motifs is 1.